The summed E-state index contributed by atoms with van der Waals surface area (Å²) in [5, 5.41) is 3.22. The Kier molecular flexibility index (Phi) is 6.92. The van der Waals surface area contributed by atoms with Gasteiger partial charge in [-0.15, -0.1) is 0 Å². The fourth-order valence-electron chi connectivity index (χ4n) is 2.95. The predicted octanol–water partition coefficient (Wildman–Crippen LogP) is 0.646. The van der Waals surface area contributed by atoms with Crippen LogP contribution in [0.2, 0.25) is 0 Å². The highest BCUT2D eigenvalue weighted by Gasteiger charge is 2.31. The topological polar surface area (TPSA) is 61.6 Å². The zero-order valence-electron chi connectivity index (χ0n) is 13.6. The molecule has 0 bridgehead atoms. The number of nitrogens with two attached hydrogens (primary N) is 1. The van der Waals surface area contributed by atoms with Gasteiger partial charge in [-0.05, 0) is 59.4 Å². The number of carbonyl (C=O) groups excluding carboxylic acids is 1. The predicted molar refractivity (Wildman–Crippen MR) is 83.7 cm³/mol. The Morgan fingerprint density at radius 1 is 1.40 bits per heavy atom. The van der Waals surface area contributed by atoms with Crippen molar-refractivity contribution in [2.75, 3.05) is 39.8 Å². The Bertz CT molecular complexity index is 302. The van der Waals surface area contributed by atoms with Gasteiger partial charge in [0.1, 0.15) is 0 Å². The zero-order chi connectivity index (χ0) is 15.2. The maximum absolute atomic E-state index is 11.6. The van der Waals surface area contributed by atoms with Gasteiger partial charge in [0.25, 0.3) is 0 Å². The average Bonchev–Trinajstić information content (AvgIpc) is 2.45. The van der Waals surface area contributed by atoms with Crippen molar-refractivity contribution in [3.8, 4) is 0 Å². The van der Waals surface area contributed by atoms with Crippen LogP contribution in [0.1, 0.15) is 40.0 Å². The zero-order valence-corrected chi connectivity index (χ0v) is 13.6. The van der Waals surface area contributed by atoms with Crippen molar-refractivity contribution in [1.82, 2.24) is 15.1 Å². The van der Waals surface area contributed by atoms with E-state index in [0.717, 1.165) is 26.1 Å². The van der Waals surface area contributed by atoms with E-state index in [4.69, 9.17) is 5.73 Å². The van der Waals surface area contributed by atoms with Crippen LogP contribution in [0.15, 0.2) is 0 Å². The van der Waals surface area contributed by atoms with Crippen molar-refractivity contribution in [3.63, 3.8) is 0 Å². The molecule has 0 aromatic rings. The number of amides is 1. The van der Waals surface area contributed by atoms with Crippen LogP contribution >= 0.6 is 0 Å². The van der Waals surface area contributed by atoms with Gasteiger partial charge in [0.05, 0.1) is 5.54 Å². The Morgan fingerprint density at radius 2 is 2.00 bits per heavy atom. The number of nitrogens with one attached hydrogen (secondary N) is 1. The first-order valence-electron chi connectivity index (χ1n) is 7.90. The summed E-state index contributed by atoms with van der Waals surface area (Å²) in [6.07, 6.45) is 3.21. The Balaban J connectivity index is 2.42. The van der Waals surface area contributed by atoms with Gasteiger partial charge in [0.2, 0.25) is 5.91 Å². The number of carbonyl (C=O) groups is 1. The van der Waals surface area contributed by atoms with Gasteiger partial charge in [0, 0.05) is 12.6 Å². The molecule has 1 aliphatic rings. The molecule has 1 unspecified atom stereocenters. The van der Waals surface area contributed by atoms with Crippen molar-refractivity contribution in [2.24, 2.45) is 5.73 Å². The number of piperidine rings is 1. The lowest BCUT2D eigenvalue weighted by atomic mass is 9.95. The summed E-state index contributed by atoms with van der Waals surface area (Å²) < 4.78 is 0. The number of nitrogens with zero attached hydrogens (tertiary/aromatic N) is 2. The van der Waals surface area contributed by atoms with Crippen LogP contribution in [0.5, 0.6) is 0 Å². The normalized spacial score (nSPS) is 21.1. The maximum atomic E-state index is 11.6. The molecule has 1 saturated heterocycles. The molecule has 20 heavy (non-hydrogen) atoms. The third kappa shape index (κ3) is 4.72. The van der Waals surface area contributed by atoms with Crippen LogP contribution in [0, 0.1) is 0 Å². The highest BCUT2D eigenvalue weighted by molar-refractivity contribution is 5.84. The second kappa shape index (κ2) is 7.96. The maximum Gasteiger partial charge on any atom is 0.237 e. The summed E-state index contributed by atoms with van der Waals surface area (Å²) in [6, 6.07) is 0.636. The Labute approximate surface area is 123 Å². The molecule has 0 spiro atoms. The van der Waals surface area contributed by atoms with Crippen molar-refractivity contribution in [2.45, 2.75) is 51.6 Å². The molecule has 118 valence electrons. The van der Waals surface area contributed by atoms with E-state index in [2.05, 4.69) is 29.1 Å². The van der Waals surface area contributed by atoms with Crippen LogP contribution in [-0.4, -0.2) is 67.1 Å². The number of likely N-dealkylation sites (N-methyl/N-ethyl adjacent to an activating group) is 1. The number of rotatable bonds is 8. The molecule has 0 aliphatic carbocycles. The lowest BCUT2D eigenvalue weighted by Gasteiger charge is -2.37. The number of primary amides is 1. The molecule has 1 aliphatic heterocycles. The van der Waals surface area contributed by atoms with E-state index < -0.39 is 5.54 Å². The highest BCUT2D eigenvalue weighted by atomic mass is 16.1. The minimum atomic E-state index is -0.590. The number of hydrogen-bond donors (Lipinski definition) is 2. The monoisotopic (exact) mass is 284 g/mol. The van der Waals surface area contributed by atoms with Crippen LogP contribution in [0.3, 0.4) is 0 Å². The third-order valence-electron chi connectivity index (χ3n) is 4.70. The van der Waals surface area contributed by atoms with Crippen LogP contribution in [-0.2, 0) is 4.79 Å². The first-order chi connectivity index (χ1) is 9.42. The summed E-state index contributed by atoms with van der Waals surface area (Å²) in [5.74, 6) is -0.256. The molecule has 1 heterocycles. The summed E-state index contributed by atoms with van der Waals surface area (Å²) in [6.45, 7) is 11.3. The molecule has 1 fully saturated rings. The molecule has 0 aromatic heterocycles. The fourth-order valence-corrected chi connectivity index (χ4v) is 2.95. The fraction of sp³-hybridized carbons (Fsp3) is 0.933. The number of likely N-dealkylation sites (tertiary alicyclic amines) is 1. The van der Waals surface area contributed by atoms with Crippen molar-refractivity contribution < 1.29 is 4.79 Å². The smallest absolute Gasteiger partial charge is 0.237 e. The summed E-state index contributed by atoms with van der Waals surface area (Å²) in [5.41, 5.74) is 4.94. The third-order valence-corrected chi connectivity index (χ3v) is 4.70. The lowest BCUT2D eigenvalue weighted by molar-refractivity contribution is -0.124. The van der Waals surface area contributed by atoms with Gasteiger partial charge in [-0.25, -0.2) is 0 Å². The van der Waals surface area contributed by atoms with E-state index in [1.807, 2.05) is 13.8 Å². The Hall–Kier alpha value is -0.650. The molecular weight excluding hydrogens is 252 g/mol. The van der Waals surface area contributed by atoms with Gasteiger partial charge in [-0.1, -0.05) is 13.8 Å². The summed E-state index contributed by atoms with van der Waals surface area (Å²) >= 11 is 0. The second-order valence-electron chi connectivity index (χ2n) is 6.12. The summed E-state index contributed by atoms with van der Waals surface area (Å²) in [4.78, 5) is 16.5. The highest BCUT2D eigenvalue weighted by Crippen LogP contribution is 2.17. The molecule has 5 heteroatoms. The molecule has 0 aromatic carbocycles. The molecule has 0 radical (unpaired) electrons. The van der Waals surface area contributed by atoms with Gasteiger partial charge < -0.3 is 20.9 Å². The Morgan fingerprint density at radius 3 is 2.45 bits per heavy atom. The van der Waals surface area contributed by atoms with Gasteiger partial charge in [-0.2, -0.15) is 0 Å². The van der Waals surface area contributed by atoms with E-state index in [0.29, 0.717) is 6.04 Å². The van der Waals surface area contributed by atoms with Crippen LogP contribution < -0.4 is 11.1 Å². The largest absolute Gasteiger partial charge is 0.368 e. The van der Waals surface area contributed by atoms with Gasteiger partial charge in [0.15, 0.2) is 0 Å². The first-order valence-corrected chi connectivity index (χ1v) is 7.90. The minimum Gasteiger partial charge on any atom is -0.368 e. The second-order valence-corrected chi connectivity index (χ2v) is 6.12. The first kappa shape index (κ1) is 17.4. The molecule has 3 N–H and O–H groups in total. The molecule has 1 amide bonds. The standard InChI is InChI=1S/C15H32N4O/c1-5-17-15(3,14(16)20)9-12-18(4)13-7-10-19(6-2)11-8-13/h13,17H,5-12H2,1-4H3,(H2,16,20). The van der Waals surface area contributed by atoms with E-state index in [1.54, 1.807) is 0 Å². The molecule has 1 atom stereocenters. The van der Waals surface area contributed by atoms with Gasteiger partial charge >= 0.3 is 0 Å². The van der Waals surface area contributed by atoms with E-state index in [1.165, 1.54) is 25.9 Å². The van der Waals surface area contributed by atoms with Crippen LogP contribution in [0.25, 0.3) is 0 Å². The van der Waals surface area contributed by atoms with E-state index in [-0.39, 0.29) is 5.91 Å². The minimum absolute atomic E-state index is 0.256. The van der Waals surface area contributed by atoms with Gasteiger partial charge in [-0.3, -0.25) is 4.79 Å². The molecule has 0 saturated carbocycles. The van der Waals surface area contributed by atoms with Crippen molar-refractivity contribution >= 4 is 5.91 Å². The van der Waals surface area contributed by atoms with Crippen molar-refractivity contribution in [1.29, 1.82) is 0 Å². The summed E-state index contributed by atoms with van der Waals surface area (Å²) in [7, 11) is 2.17. The van der Waals surface area contributed by atoms with Crippen molar-refractivity contribution in [3.05, 3.63) is 0 Å². The SMILES string of the molecule is CCNC(C)(CCN(C)C1CCN(CC)CC1)C(N)=O. The molecule has 1 rings (SSSR count). The van der Waals surface area contributed by atoms with E-state index >= 15 is 0 Å². The molecule has 5 nitrogen and oxygen atoms in total. The quantitative estimate of drug-likeness (QED) is 0.687. The lowest BCUT2D eigenvalue weighted by Crippen LogP contribution is -2.55. The average molecular weight is 284 g/mol. The van der Waals surface area contributed by atoms with Crippen LogP contribution in [0.4, 0.5) is 0 Å². The molecular formula is C15H32N4O. The van der Waals surface area contributed by atoms with E-state index in [9.17, 15) is 4.79 Å². The number of hydrogen-bond acceptors (Lipinski definition) is 4.